The van der Waals surface area contributed by atoms with E-state index in [9.17, 15) is 14.7 Å². The standard InChI is InChI=1S/C25H32N2O5S/c1-16-26-22(15-31-25(30)27(2)19-7-3-4-8-19)23(33-16)17-10-12-20(13-11-17)32-21-9-5-6-18(14-21)24(28)29/h10-13,18-19,21H,3-9,14-15H2,1-2H3,(H,28,29)/t18-,21-/m0/s1. The highest BCUT2D eigenvalue weighted by molar-refractivity contribution is 7.15. The van der Waals surface area contributed by atoms with E-state index in [4.69, 9.17) is 9.47 Å². The van der Waals surface area contributed by atoms with Crippen LogP contribution in [0, 0.1) is 12.8 Å². The molecule has 0 unspecified atom stereocenters. The third kappa shape index (κ3) is 5.85. The minimum Gasteiger partial charge on any atom is -0.490 e. The Bertz CT molecular complexity index is 968. The molecule has 4 rings (SSSR count). The molecule has 178 valence electrons. The van der Waals surface area contributed by atoms with Gasteiger partial charge in [0, 0.05) is 13.1 Å². The van der Waals surface area contributed by atoms with E-state index in [0.717, 1.165) is 71.8 Å². The van der Waals surface area contributed by atoms with Crippen molar-refractivity contribution in [1.82, 2.24) is 9.88 Å². The van der Waals surface area contributed by atoms with Gasteiger partial charge in [-0.25, -0.2) is 9.78 Å². The summed E-state index contributed by atoms with van der Waals surface area (Å²) in [5.41, 5.74) is 1.76. The lowest BCUT2D eigenvalue weighted by molar-refractivity contribution is -0.143. The van der Waals surface area contributed by atoms with Gasteiger partial charge in [-0.15, -0.1) is 11.3 Å². The maximum absolute atomic E-state index is 12.5. The molecule has 8 heteroatoms. The molecule has 0 radical (unpaired) electrons. The normalized spacial score (nSPS) is 21.0. The van der Waals surface area contributed by atoms with Crippen LogP contribution in [0.1, 0.15) is 62.1 Å². The molecule has 2 atom stereocenters. The molecule has 1 aromatic heterocycles. The predicted octanol–water partition coefficient (Wildman–Crippen LogP) is 5.65. The van der Waals surface area contributed by atoms with Crippen LogP contribution in [-0.2, 0) is 16.1 Å². The molecule has 33 heavy (non-hydrogen) atoms. The van der Waals surface area contributed by atoms with Crippen LogP contribution in [0.15, 0.2) is 24.3 Å². The fourth-order valence-corrected chi connectivity index (χ4v) is 5.75. The average Bonchev–Trinajstić information content (AvgIpc) is 3.47. The van der Waals surface area contributed by atoms with Gasteiger partial charge < -0.3 is 19.5 Å². The number of carboxylic acids is 1. The third-order valence-electron chi connectivity index (χ3n) is 6.69. The lowest BCUT2D eigenvalue weighted by atomic mass is 9.87. The largest absolute Gasteiger partial charge is 0.490 e. The van der Waals surface area contributed by atoms with Gasteiger partial charge in [-0.1, -0.05) is 12.8 Å². The van der Waals surface area contributed by atoms with Crippen LogP contribution in [0.2, 0.25) is 0 Å². The second-order valence-electron chi connectivity index (χ2n) is 9.08. The summed E-state index contributed by atoms with van der Waals surface area (Å²) < 4.78 is 11.7. The van der Waals surface area contributed by atoms with E-state index in [2.05, 4.69) is 4.98 Å². The average molecular weight is 473 g/mol. The van der Waals surface area contributed by atoms with E-state index in [1.807, 2.05) is 38.2 Å². The Balaban J connectivity index is 1.38. The summed E-state index contributed by atoms with van der Waals surface area (Å²) in [6, 6.07) is 8.07. The zero-order valence-electron chi connectivity index (χ0n) is 19.3. The van der Waals surface area contributed by atoms with E-state index in [0.29, 0.717) is 6.42 Å². The number of amides is 1. The molecule has 2 aromatic rings. The summed E-state index contributed by atoms with van der Waals surface area (Å²) in [6.45, 7) is 2.09. The van der Waals surface area contributed by atoms with Gasteiger partial charge in [-0.3, -0.25) is 4.79 Å². The van der Waals surface area contributed by atoms with E-state index in [1.165, 1.54) is 0 Å². The summed E-state index contributed by atoms with van der Waals surface area (Å²) in [4.78, 5) is 31.1. The molecule has 2 fully saturated rings. The van der Waals surface area contributed by atoms with Gasteiger partial charge in [0.25, 0.3) is 0 Å². The fourth-order valence-electron chi connectivity index (χ4n) is 4.82. The Morgan fingerprint density at radius 3 is 2.55 bits per heavy atom. The molecule has 0 saturated heterocycles. The van der Waals surface area contributed by atoms with Gasteiger partial charge in [0.05, 0.1) is 27.6 Å². The quantitative estimate of drug-likeness (QED) is 0.560. The number of carbonyl (C=O) groups excluding carboxylic acids is 1. The van der Waals surface area contributed by atoms with Crippen LogP contribution in [0.4, 0.5) is 4.79 Å². The Morgan fingerprint density at radius 2 is 1.85 bits per heavy atom. The zero-order valence-corrected chi connectivity index (χ0v) is 20.1. The van der Waals surface area contributed by atoms with Crippen molar-refractivity contribution in [2.45, 2.75) is 77.0 Å². The number of nitrogens with zero attached hydrogens (tertiary/aromatic N) is 2. The highest BCUT2D eigenvalue weighted by atomic mass is 32.1. The highest BCUT2D eigenvalue weighted by Gasteiger charge is 2.28. The summed E-state index contributed by atoms with van der Waals surface area (Å²) >= 11 is 1.58. The van der Waals surface area contributed by atoms with Crippen molar-refractivity contribution < 1.29 is 24.2 Å². The monoisotopic (exact) mass is 472 g/mol. The van der Waals surface area contributed by atoms with Crippen molar-refractivity contribution in [2.24, 2.45) is 5.92 Å². The van der Waals surface area contributed by atoms with E-state index < -0.39 is 5.97 Å². The van der Waals surface area contributed by atoms with Gasteiger partial charge in [0.2, 0.25) is 0 Å². The fraction of sp³-hybridized carbons (Fsp3) is 0.560. The molecule has 2 aliphatic carbocycles. The van der Waals surface area contributed by atoms with Crippen LogP contribution in [-0.4, -0.2) is 46.2 Å². The summed E-state index contributed by atoms with van der Waals surface area (Å²) in [6.07, 6.45) is 7.08. The molecular formula is C25H32N2O5S. The number of benzene rings is 1. The number of rotatable bonds is 7. The SMILES string of the molecule is Cc1nc(COC(=O)N(C)C2CCCC2)c(-c2ccc(O[C@H]3CCC[C@H](C(=O)O)C3)cc2)s1. The topological polar surface area (TPSA) is 89.0 Å². The van der Waals surface area contributed by atoms with Crippen LogP contribution in [0.3, 0.4) is 0 Å². The van der Waals surface area contributed by atoms with Gasteiger partial charge in [0.1, 0.15) is 12.4 Å². The van der Waals surface area contributed by atoms with Crippen LogP contribution in [0.5, 0.6) is 5.75 Å². The molecule has 7 nitrogen and oxygen atoms in total. The first kappa shape index (κ1) is 23.5. The maximum atomic E-state index is 12.5. The lowest BCUT2D eigenvalue weighted by Crippen LogP contribution is -2.35. The summed E-state index contributed by atoms with van der Waals surface area (Å²) in [5, 5.41) is 10.2. The van der Waals surface area contributed by atoms with E-state index >= 15 is 0 Å². The van der Waals surface area contributed by atoms with E-state index in [1.54, 1.807) is 16.2 Å². The van der Waals surface area contributed by atoms with Crippen LogP contribution >= 0.6 is 11.3 Å². The minimum atomic E-state index is -0.734. The smallest absolute Gasteiger partial charge is 0.410 e. The molecule has 2 aliphatic rings. The number of thiazole rings is 1. The molecule has 1 N–H and O–H groups in total. The molecule has 0 aliphatic heterocycles. The molecule has 1 heterocycles. The molecule has 0 spiro atoms. The molecule has 1 amide bonds. The summed E-state index contributed by atoms with van der Waals surface area (Å²) in [7, 11) is 1.81. The number of hydrogen-bond acceptors (Lipinski definition) is 6. The van der Waals surface area contributed by atoms with Crippen molar-refractivity contribution in [3.63, 3.8) is 0 Å². The van der Waals surface area contributed by atoms with Crippen LogP contribution in [0.25, 0.3) is 10.4 Å². The number of aliphatic carboxylic acids is 1. The number of aromatic nitrogens is 1. The Morgan fingerprint density at radius 1 is 1.12 bits per heavy atom. The minimum absolute atomic E-state index is 0.0665. The molecule has 2 saturated carbocycles. The Labute approximate surface area is 198 Å². The van der Waals surface area contributed by atoms with Crippen molar-refractivity contribution in [2.75, 3.05) is 7.05 Å². The van der Waals surface area contributed by atoms with Gasteiger partial charge in [-0.2, -0.15) is 0 Å². The first-order chi connectivity index (χ1) is 15.9. The first-order valence-corrected chi connectivity index (χ1v) is 12.6. The zero-order chi connectivity index (χ0) is 23.4. The number of aryl methyl sites for hydroxylation is 1. The molecule has 0 bridgehead atoms. The van der Waals surface area contributed by atoms with E-state index in [-0.39, 0.29) is 30.8 Å². The number of carbonyl (C=O) groups is 2. The Hall–Kier alpha value is -2.61. The highest BCUT2D eigenvalue weighted by Crippen LogP contribution is 2.33. The van der Waals surface area contributed by atoms with Crippen molar-refractivity contribution >= 4 is 23.4 Å². The van der Waals surface area contributed by atoms with Crippen molar-refractivity contribution in [1.29, 1.82) is 0 Å². The molecular weight excluding hydrogens is 440 g/mol. The van der Waals surface area contributed by atoms with Crippen LogP contribution < -0.4 is 4.74 Å². The first-order valence-electron chi connectivity index (χ1n) is 11.8. The second-order valence-corrected chi connectivity index (χ2v) is 10.3. The maximum Gasteiger partial charge on any atom is 0.410 e. The lowest BCUT2D eigenvalue weighted by Gasteiger charge is -2.27. The molecule has 1 aromatic carbocycles. The predicted molar refractivity (Wildman–Crippen MR) is 127 cm³/mol. The van der Waals surface area contributed by atoms with Crippen molar-refractivity contribution in [3.8, 4) is 16.2 Å². The number of carboxylic acid groups (broad SMARTS) is 1. The Kier molecular flexibility index (Phi) is 7.53. The third-order valence-corrected chi connectivity index (χ3v) is 7.75. The summed E-state index contributed by atoms with van der Waals surface area (Å²) in [5.74, 6) is -0.315. The van der Waals surface area contributed by atoms with Gasteiger partial charge in [-0.05, 0) is 75.3 Å². The van der Waals surface area contributed by atoms with Gasteiger partial charge in [0.15, 0.2) is 0 Å². The number of hydrogen-bond donors (Lipinski definition) is 1. The second kappa shape index (κ2) is 10.5. The number of ether oxygens (including phenoxy) is 2. The van der Waals surface area contributed by atoms with Gasteiger partial charge >= 0.3 is 12.1 Å². The van der Waals surface area contributed by atoms with Crippen molar-refractivity contribution in [3.05, 3.63) is 35.0 Å².